The topological polar surface area (TPSA) is 116 Å². The van der Waals surface area contributed by atoms with Crippen LogP contribution in [0.25, 0.3) is 0 Å². The van der Waals surface area contributed by atoms with E-state index in [0.717, 1.165) is 18.2 Å². The van der Waals surface area contributed by atoms with E-state index < -0.39 is 50.8 Å². The summed E-state index contributed by atoms with van der Waals surface area (Å²) in [5.41, 5.74) is -2.88. The minimum Gasteiger partial charge on any atom is -0.477 e. The third-order valence-electron chi connectivity index (χ3n) is 4.37. The van der Waals surface area contributed by atoms with Gasteiger partial charge in [0.1, 0.15) is 17.1 Å². The molecule has 0 saturated carbocycles. The van der Waals surface area contributed by atoms with Gasteiger partial charge in [-0.3, -0.25) is 14.9 Å². The highest BCUT2D eigenvalue weighted by Crippen LogP contribution is 2.40. The smallest absolute Gasteiger partial charge is 0.416 e. The number of nitrogens with zero attached hydrogens (tertiary/aromatic N) is 1. The third kappa shape index (κ3) is 5.47. The molecule has 0 radical (unpaired) electrons. The molecular weight excluding hydrogens is 459 g/mol. The number of ether oxygens (including phenoxy) is 2. The Labute approximate surface area is 184 Å². The van der Waals surface area contributed by atoms with Gasteiger partial charge in [0, 0.05) is 11.6 Å². The van der Waals surface area contributed by atoms with Crippen molar-refractivity contribution in [3.05, 3.63) is 62.2 Å². The van der Waals surface area contributed by atoms with Crippen LogP contribution in [0.2, 0.25) is 5.02 Å². The number of esters is 1. The fourth-order valence-electron chi connectivity index (χ4n) is 2.96. The molecule has 0 aromatic heterocycles. The van der Waals surface area contributed by atoms with Gasteiger partial charge in [-0.15, -0.1) is 0 Å². The average Bonchev–Trinajstić information content (AvgIpc) is 2.68. The molecular formula is C20H17ClF3NO7. The maximum atomic E-state index is 12.8. The largest absolute Gasteiger partial charge is 0.477 e. The zero-order chi connectivity index (χ0) is 24.2. The Kier molecular flexibility index (Phi) is 7.68. The van der Waals surface area contributed by atoms with E-state index in [1.165, 1.54) is 6.92 Å². The van der Waals surface area contributed by atoms with Crippen LogP contribution in [0.1, 0.15) is 47.7 Å². The summed E-state index contributed by atoms with van der Waals surface area (Å²) in [4.78, 5) is 34.7. The number of rotatable bonds is 8. The first kappa shape index (κ1) is 24.9. The SMILES string of the molecule is CCOC(=O)C(CC)c1cc(Oc2ccc(C(F)(F)F)cc2Cl)cc(C(=O)O)c1[N+](=O)[O-]. The second-order valence-corrected chi connectivity index (χ2v) is 6.84. The van der Waals surface area contributed by atoms with Crippen LogP contribution in [0.15, 0.2) is 30.3 Å². The minimum absolute atomic E-state index is 0.00767. The Balaban J connectivity index is 2.64. The molecule has 0 fully saturated rings. The van der Waals surface area contributed by atoms with Crippen molar-refractivity contribution in [2.75, 3.05) is 6.61 Å². The zero-order valence-electron chi connectivity index (χ0n) is 16.7. The van der Waals surface area contributed by atoms with Crippen molar-refractivity contribution in [3.63, 3.8) is 0 Å². The zero-order valence-corrected chi connectivity index (χ0v) is 17.5. The number of carboxylic acids is 1. The van der Waals surface area contributed by atoms with Gasteiger partial charge >= 0.3 is 18.1 Å². The van der Waals surface area contributed by atoms with Gasteiger partial charge in [0.2, 0.25) is 0 Å². The number of benzene rings is 2. The van der Waals surface area contributed by atoms with Gasteiger partial charge in [0.15, 0.2) is 0 Å². The van der Waals surface area contributed by atoms with Crippen LogP contribution in [0.4, 0.5) is 18.9 Å². The molecule has 2 rings (SSSR count). The summed E-state index contributed by atoms with van der Waals surface area (Å²) in [6, 6.07) is 4.16. The lowest BCUT2D eigenvalue weighted by atomic mass is 9.92. The van der Waals surface area contributed by atoms with Gasteiger partial charge in [0.05, 0.1) is 28.0 Å². The van der Waals surface area contributed by atoms with Gasteiger partial charge in [0.25, 0.3) is 5.69 Å². The molecule has 0 aliphatic heterocycles. The Morgan fingerprint density at radius 3 is 2.34 bits per heavy atom. The van der Waals surface area contributed by atoms with Crippen molar-refractivity contribution in [1.29, 1.82) is 0 Å². The molecule has 172 valence electrons. The molecule has 32 heavy (non-hydrogen) atoms. The number of carbonyl (C=O) groups excluding carboxylic acids is 1. The number of nitro benzene ring substituents is 1. The minimum atomic E-state index is -4.65. The molecule has 0 spiro atoms. The average molecular weight is 476 g/mol. The van der Waals surface area contributed by atoms with Gasteiger partial charge < -0.3 is 14.6 Å². The van der Waals surface area contributed by atoms with Crippen LogP contribution in [0, 0.1) is 10.1 Å². The predicted octanol–water partition coefficient (Wildman–Crippen LogP) is 5.81. The lowest BCUT2D eigenvalue weighted by Gasteiger charge is -2.17. The summed E-state index contributed by atoms with van der Waals surface area (Å²) >= 11 is 5.87. The molecule has 8 nitrogen and oxygen atoms in total. The fourth-order valence-corrected chi connectivity index (χ4v) is 3.18. The summed E-state index contributed by atoms with van der Waals surface area (Å²) in [5.74, 6) is -4.17. The highest BCUT2D eigenvalue weighted by Gasteiger charge is 2.34. The molecule has 0 heterocycles. The van der Waals surface area contributed by atoms with E-state index in [0.29, 0.717) is 12.1 Å². The van der Waals surface area contributed by atoms with E-state index in [4.69, 9.17) is 21.1 Å². The number of carboxylic acid groups (broad SMARTS) is 1. The lowest BCUT2D eigenvalue weighted by molar-refractivity contribution is -0.386. The first-order chi connectivity index (χ1) is 14.9. The number of hydrogen-bond acceptors (Lipinski definition) is 6. The Morgan fingerprint density at radius 2 is 1.88 bits per heavy atom. The third-order valence-corrected chi connectivity index (χ3v) is 4.66. The van der Waals surface area contributed by atoms with E-state index in [1.54, 1.807) is 6.92 Å². The highest BCUT2D eigenvalue weighted by molar-refractivity contribution is 6.32. The number of aromatic carboxylic acids is 1. The number of carbonyl (C=O) groups is 2. The number of hydrogen-bond donors (Lipinski definition) is 1. The molecule has 1 atom stereocenters. The summed E-state index contributed by atoms with van der Waals surface area (Å²) in [7, 11) is 0. The van der Waals surface area contributed by atoms with Crippen molar-refractivity contribution in [2.45, 2.75) is 32.4 Å². The van der Waals surface area contributed by atoms with Crippen molar-refractivity contribution in [2.24, 2.45) is 0 Å². The van der Waals surface area contributed by atoms with Crippen molar-refractivity contribution in [3.8, 4) is 11.5 Å². The summed E-state index contributed by atoms with van der Waals surface area (Å²) in [6.45, 7) is 3.08. The van der Waals surface area contributed by atoms with Gasteiger partial charge in [-0.25, -0.2) is 4.79 Å². The summed E-state index contributed by atoms with van der Waals surface area (Å²) in [6.07, 6.45) is -4.60. The number of nitro groups is 1. The van der Waals surface area contributed by atoms with E-state index in [9.17, 15) is 38.0 Å². The second-order valence-electron chi connectivity index (χ2n) is 6.43. The maximum absolute atomic E-state index is 12.8. The molecule has 0 bridgehead atoms. The van der Waals surface area contributed by atoms with Crippen LogP contribution in [0.3, 0.4) is 0 Å². The maximum Gasteiger partial charge on any atom is 0.416 e. The molecule has 0 amide bonds. The Hall–Kier alpha value is -3.34. The summed E-state index contributed by atoms with van der Waals surface area (Å²) < 4.78 is 48.9. The molecule has 0 aliphatic rings. The van der Waals surface area contributed by atoms with E-state index in [-0.39, 0.29) is 30.1 Å². The van der Waals surface area contributed by atoms with Crippen LogP contribution in [0.5, 0.6) is 11.5 Å². The molecule has 12 heteroatoms. The number of alkyl halides is 3. The van der Waals surface area contributed by atoms with E-state index in [1.807, 2.05) is 0 Å². The predicted molar refractivity (Wildman–Crippen MR) is 106 cm³/mol. The highest BCUT2D eigenvalue weighted by atomic mass is 35.5. The first-order valence-corrected chi connectivity index (χ1v) is 9.55. The molecule has 0 saturated heterocycles. The molecule has 2 aromatic carbocycles. The first-order valence-electron chi connectivity index (χ1n) is 9.17. The summed E-state index contributed by atoms with van der Waals surface area (Å²) in [5, 5.41) is 20.7. The second kappa shape index (κ2) is 9.86. The standard InChI is InChI=1S/C20H17ClF3NO7/c1-3-12(19(28)31-4-2)13-8-11(9-14(18(26)27)17(13)25(29)30)32-16-6-5-10(7-15(16)21)20(22,23)24/h5-9,12H,3-4H2,1-2H3,(H,26,27). The monoisotopic (exact) mass is 475 g/mol. The van der Waals surface area contributed by atoms with Gasteiger partial charge in [-0.2, -0.15) is 13.2 Å². The normalized spacial score (nSPS) is 12.2. The molecule has 1 unspecified atom stereocenters. The Morgan fingerprint density at radius 1 is 1.22 bits per heavy atom. The Bertz CT molecular complexity index is 1060. The van der Waals surface area contributed by atoms with Crippen molar-refractivity contribution >= 4 is 29.2 Å². The fraction of sp³-hybridized carbons (Fsp3) is 0.300. The van der Waals surface area contributed by atoms with Gasteiger partial charge in [-0.1, -0.05) is 18.5 Å². The molecule has 0 aliphatic carbocycles. The molecule has 1 N–H and O–H groups in total. The van der Waals surface area contributed by atoms with Crippen LogP contribution < -0.4 is 4.74 Å². The van der Waals surface area contributed by atoms with Crippen LogP contribution >= 0.6 is 11.6 Å². The lowest BCUT2D eigenvalue weighted by Crippen LogP contribution is -2.18. The number of halogens is 4. The quantitative estimate of drug-likeness (QED) is 0.290. The molecule has 2 aromatic rings. The van der Waals surface area contributed by atoms with E-state index >= 15 is 0 Å². The van der Waals surface area contributed by atoms with Gasteiger partial charge in [-0.05, 0) is 37.6 Å². The van der Waals surface area contributed by atoms with E-state index in [2.05, 4.69) is 0 Å². The van der Waals surface area contributed by atoms with Crippen LogP contribution in [-0.2, 0) is 15.7 Å². The van der Waals surface area contributed by atoms with Crippen molar-refractivity contribution in [1.82, 2.24) is 0 Å². The van der Waals surface area contributed by atoms with Crippen molar-refractivity contribution < 1.29 is 42.3 Å². The van der Waals surface area contributed by atoms with Crippen LogP contribution in [-0.4, -0.2) is 28.6 Å².